The number of fused-ring (bicyclic) bond motifs is 2. The van der Waals surface area contributed by atoms with Gasteiger partial charge in [-0.2, -0.15) is 0 Å². The molecule has 0 saturated carbocycles. The van der Waals surface area contributed by atoms with Crippen LogP contribution >= 0.6 is 8.69 Å². The second-order valence-electron chi connectivity index (χ2n) is 17.9. The summed E-state index contributed by atoms with van der Waals surface area (Å²) in [5, 5.41) is 18.9. The molecule has 0 aliphatic carbocycles. The number of amides is 4. The normalized spacial score (nSPS) is 21.6. The van der Waals surface area contributed by atoms with Crippen LogP contribution in [0.15, 0.2) is 42.9 Å². The van der Waals surface area contributed by atoms with Gasteiger partial charge in [0, 0.05) is 39.3 Å². The highest BCUT2D eigenvalue weighted by Gasteiger charge is 2.38. The number of nitrogens with zero attached hydrogens (tertiary/aromatic N) is 3. The van der Waals surface area contributed by atoms with E-state index in [4.69, 9.17) is 4.52 Å². The van der Waals surface area contributed by atoms with Crippen molar-refractivity contribution >= 4 is 43.9 Å². The number of benzene rings is 1. The summed E-state index contributed by atoms with van der Waals surface area (Å²) in [6.45, 7) is 8.34. The SMILES string of the molecule is CC(=O)N1CCC[C@H]1C(=O)N[C@@H](CC(C)C)C(=O)C[C@H]1Cc2c[n+](cn2CCCCCCCCc2ccccc2)CCCCCNC(=O)[C@H]([C@@H](C)OP=O)CC(=O)[C@H](CO)NC1=O. The maximum Gasteiger partial charge on any atom is 0.327 e. The number of aromatic nitrogens is 2. The Kier molecular flexibility index (Phi) is 22.1. The Labute approximate surface area is 375 Å². The molecule has 4 amide bonds. The van der Waals surface area contributed by atoms with Gasteiger partial charge in [0.05, 0.1) is 43.7 Å². The lowest BCUT2D eigenvalue weighted by atomic mass is 9.89. The topological polar surface area (TPSA) is 197 Å². The highest BCUT2D eigenvalue weighted by molar-refractivity contribution is 7.17. The third-order valence-corrected chi connectivity index (χ3v) is 12.8. The number of aliphatic hydroxyl groups is 1. The predicted octanol–water partition coefficient (Wildman–Crippen LogP) is 4.98. The fraction of sp³-hybridized carbons (Fsp3) is 0.681. The van der Waals surface area contributed by atoms with Crippen LogP contribution in [0.5, 0.6) is 0 Å². The molecule has 0 spiro atoms. The zero-order valence-corrected chi connectivity index (χ0v) is 38.8. The minimum absolute atomic E-state index is 0.0138. The van der Waals surface area contributed by atoms with Crippen LogP contribution in [-0.2, 0) is 63.8 Å². The number of carbonyl (C=O) groups excluding carboxylic acids is 6. The molecule has 1 fully saturated rings. The Morgan fingerprint density at radius 2 is 1.68 bits per heavy atom. The van der Waals surface area contributed by atoms with Crippen LogP contribution in [0, 0.1) is 17.8 Å². The Hall–Kier alpha value is -4.33. The van der Waals surface area contributed by atoms with Gasteiger partial charge in [-0.25, -0.2) is 13.7 Å². The first kappa shape index (κ1) is 51.3. The minimum Gasteiger partial charge on any atom is -0.394 e. The van der Waals surface area contributed by atoms with Crippen LogP contribution in [0.1, 0.15) is 129 Å². The van der Waals surface area contributed by atoms with E-state index in [1.165, 1.54) is 24.3 Å². The van der Waals surface area contributed by atoms with Crippen LogP contribution in [0.25, 0.3) is 0 Å². The molecule has 4 rings (SSSR count). The van der Waals surface area contributed by atoms with E-state index in [0.29, 0.717) is 51.9 Å². The lowest BCUT2D eigenvalue weighted by Gasteiger charge is -2.27. The molecule has 1 aromatic heterocycles. The molecule has 0 unspecified atom stereocenters. The van der Waals surface area contributed by atoms with Gasteiger partial charge in [-0.1, -0.05) is 63.4 Å². The van der Waals surface area contributed by atoms with Gasteiger partial charge in [0.1, 0.15) is 24.0 Å². The second-order valence-corrected chi connectivity index (χ2v) is 18.3. The monoisotopic (exact) mass is 896 g/mol. The van der Waals surface area contributed by atoms with Gasteiger partial charge in [0.2, 0.25) is 30.0 Å². The number of rotatable bonds is 20. The van der Waals surface area contributed by atoms with Crippen LogP contribution in [0.4, 0.5) is 0 Å². The van der Waals surface area contributed by atoms with E-state index in [0.717, 1.165) is 63.5 Å². The van der Waals surface area contributed by atoms with Crippen molar-refractivity contribution < 1.29 is 47.5 Å². The van der Waals surface area contributed by atoms with Gasteiger partial charge in [0.15, 0.2) is 11.6 Å². The molecule has 63 heavy (non-hydrogen) atoms. The Bertz CT molecular complexity index is 1810. The van der Waals surface area contributed by atoms with Gasteiger partial charge in [0.25, 0.3) is 0 Å². The number of aliphatic hydroxyl groups excluding tert-OH is 1. The summed E-state index contributed by atoms with van der Waals surface area (Å²) in [6.07, 6.45) is 14.1. The highest BCUT2D eigenvalue weighted by atomic mass is 31.1. The van der Waals surface area contributed by atoms with E-state index in [9.17, 15) is 38.4 Å². The van der Waals surface area contributed by atoms with E-state index in [2.05, 4.69) is 49.4 Å². The zero-order valence-electron chi connectivity index (χ0n) is 37.9. The van der Waals surface area contributed by atoms with Crippen LogP contribution < -0.4 is 20.5 Å². The number of hydrogen-bond donors (Lipinski definition) is 4. The van der Waals surface area contributed by atoms with Crippen LogP contribution in [0.3, 0.4) is 0 Å². The summed E-state index contributed by atoms with van der Waals surface area (Å²) in [6, 6.07) is 7.53. The smallest absolute Gasteiger partial charge is 0.327 e. The number of hydrogen-bond acceptors (Lipinski definition) is 9. The van der Waals surface area contributed by atoms with Crippen molar-refractivity contribution in [1.29, 1.82) is 0 Å². The van der Waals surface area contributed by atoms with Crippen molar-refractivity contribution in [3.63, 3.8) is 0 Å². The Morgan fingerprint density at radius 3 is 2.38 bits per heavy atom. The Balaban J connectivity index is 1.58. The molecule has 2 aliphatic heterocycles. The van der Waals surface area contributed by atoms with E-state index >= 15 is 0 Å². The highest BCUT2D eigenvalue weighted by Crippen LogP contribution is 2.23. The Morgan fingerprint density at radius 1 is 0.952 bits per heavy atom. The first-order valence-corrected chi connectivity index (χ1v) is 24.0. The number of Topliss-reactive ketones (excluding diaryl/α,β-unsaturated/α-hetero) is 2. The zero-order chi connectivity index (χ0) is 45.7. The summed E-state index contributed by atoms with van der Waals surface area (Å²) in [4.78, 5) is 83.3. The fourth-order valence-electron chi connectivity index (χ4n) is 8.76. The molecule has 1 saturated heterocycles. The molecule has 0 radical (unpaired) electrons. The first-order chi connectivity index (χ1) is 30.3. The van der Waals surface area contributed by atoms with Gasteiger partial charge in [-0.3, -0.25) is 33.3 Å². The largest absolute Gasteiger partial charge is 0.394 e. The third kappa shape index (κ3) is 17.0. The van der Waals surface area contributed by atoms with Crippen molar-refractivity contribution in [2.45, 2.75) is 168 Å². The molecule has 2 aromatic rings. The van der Waals surface area contributed by atoms with Crippen molar-refractivity contribution in [2.75, 3.05) is 19.7 Å². The third-order valence-electron chi connectivity index (χ3n) is 12.4. The minimum atomic E-state index is -1.39. The number of unbranched alkanes of at least 4 members (excludes halogenated alkanes) is 5. The standard InChI is InChI=1S/C47H71N6O9P/c1-33(2)26-40(49-47(60)42-21-17-25-53(42)35(4)55)43(56)28-37-27-38-30-51(32-52(38)24-16-8-6-5-7-11-18-36-19-12-9-13-20-36)23-15-10-14-22-48-46(59)39(34(3)62-63-61)29-44(57)41(31-54)50-45(37)58/h9,12-13,19-20,30,32-34,37,39-42,54H,5-8,10-11,14-18,21-29,31H2,1-4H3,(H2-,48,49,50,58,59,60)/p+1/t34-,37-,39+,40+,41+,42+/m1/s1. The number of ketones is 2. The van der Waals surface area contributed by atoms with Gasteiger partial charge in [-0.15, -0.1) is 0 Å². The van der Waals surface area contributed by atoms with Crippen LogP contribution in [-0.4, -0.2) is 93.7 Å². The average molecular weight is 896 g/mol. The molecule has 6 atom stereocenters. The number of nitrogens with one attached hydrogen (secondary N) is 3. The molecule has 2 bridgehead atoms. The first-order valence-electron chi connectivity index (χ1n) is 23.2. The molecule has 4 N–H and O–H groups in total. The molecular weight excluding hydrogens is 824 g/mol. The van der Waals surface area contributed by atoms with E-state index in [-0.39, 0.29) is 30.4 Å². The summed E-state index contributed by atoms with van der Waals surface area (Å²) >= 11 is 0. The lowest BCUT2D eigenvalue weighted by Crippen LogP contribution is -2.52. The van der Waals surface area contributed by atoms with Crippen LogP contribution in [0.2, 0.25) is 0 Å². The molecule has 2 aliphatic rings. The lowest BCUT2D eigenvalue weighted by molar-refractivity contribution is -0.697. The maximum atomic E-state index is 14.4. The van der Waals surface area contributed by atoms with Gasteiger partial charge < -0.3 is 26.0 Å². The maximum absolute atomic E-state index is 14.4. The molecule has 348 valence electrons. The number of likely N-dealkylation sites (tertiary alicyclic amines) is 1. The molecule has 15 nitrogen and oxygen atoms in total. The van der Waals surface area contributed by atoms with Gasteiger partial charge >= 0.3 is 8.69 Å². The fourth-order valence-corrected chi connectivity index (χ4v) is 9.04. The van der Waals surface area contributed by atoms with E-state index in [1.807, 2.05) is 32.4 Å². The summed E-state index contributed by atoms with van der Waals surface area (Å²) in [7, 11) is -0.655. The van der Waals surface area contributed by atoms with Crippen molar-refractivity contribution in [3.05, 3.63) is 54.1 Å². The number of imidazole rings is 1. The summed E-state index contributed by atoms with van der Waals surface area (Å²) in [5.41, 5.74) is 2.21. The van der Waals surface area contributed by atoms with Crippen molar-refractivity contribution in [2.24, 2.45) is 17.8 Å². The molecule has 1 aromatic carbocycles. The molecular formula is C47H72N6O9P+. The van der Waals surface area contributed by atoms with E-state index < -0.39 is 81.3 Å². The average Bonchev–Trinajstić information content (AvgIpc) is 3.91. The summed E-state index contributed by atoms with van der Waals surface area (Å²) < 4.78 is 20.7. The quantitative estimate of drug-likeness (QED) is 0.0805. The summed E-state index contributed by atoms with van der Waals surface area (Å²) in [5.74, 6) is -4.67. The molecule has 16 heteroatoms. The number of carbonyl (C=O) groups is 6. The van der Waals surface area contributed by atoms with Gasteiger partial charge in [-0.05, 0) is 82.6 Å². The number of aryl methyl sites for hydroxylation is 3. The predicted molar refractivity (Wildman–Crippen MR) is 238 cm³/mol. The van der Waals surface area contributed by atoms with E-state index in [1.54, 1.807) is 0 Å². The second kappa shape index (κ2) is 27.1. The van der Waals surface area contributed by atoms with Crippen molar-refractivity contribution in [3.8, 4) is 0 Å². The van der Waals surface area contributed by atoms with Crippen molar-refractivity contribution in [1.82, 2.24) is 25.4 Å². The molecule has 3 heterocycles.